The molecule has 0 aromatic heterocycles. The highest BCUT2D eigenvalue weighted by atomic mass is 16.5. The van der Waals surface area contributed by atoms with Gasteiger partial charge in [0.2, 0.25) is 0 Å². The molecule has 0 aliphatic carbocycles. The molecule has 2 atom stereocenters. The van der Waals surface area contributed by atoms with E-state index in [1.54, 1.807) is 31.2 Å². The SMILES string of the molecule is COC(=O)C(C)Nc1ccccc1C(=O)C[C@H](NCCC(C)(C)C)C(=O)O. The van der Waals surface area contributed by atoms with Gasteiger partial charge < -0.3 is 20.5 Å². The number of Topliss-reactive ketones (excluding diaryl/α,β-unsaturated/α-hetero) is 1. The number of hydrogen-bond acceptors (Lipinski definition) is 6. The normalized spacial score (nSPS) is 13.5. The predicted molar refractivity (Wildman–Crippen MR) is 104 cm³/mol. The molecule has 0 radical (unpaired) electrons. The maximum absolute atomic E-state index is 12.7. The van der Waals surface area contributed by atoms with E-state index >= 15 is 0 Å². The topological polar surface area (TPSA) is 105 Å². The van der Waals surface area contributed by atoms with E-state index in [1.165, 1.54) is 7.11 Å². The van der Waals surface area contributed by atoms with Gasteiger partial charge in [0.15, 0.2) is 5.78 Å². The van der Waals surface area contributed by atoms with Crippen molar-refractivity contribution in [2.75, 3.05) is 19.0 Å². The van der Waals surface area contributed by atoms with Crippen LogP contribution in [0, 0.1) is 5.41 Å². The van der Waals surface area contributed by atoms with Crippen LogP contribution in [0.5, 0.6) is 0 Å². The molecular weight excluding hydrogens is 348 g/mol. The second-order valence-corrected chi connectivity index (χ2v) is 7.72. The summed E-state index contributed by atoms with van der Waals surface area (Å²) in [7, 11) is 1.29. The van der Waals surface area contributed by atoms with Crippen LogP contribution in [0.2, 0.25) is 0 Å². The third-order valence-electron chi connectivity index (χ3n) is 4.11. The Bertz CT molecular complexity index is 667. The van der Waals surface area contributed by atoms with Crippen molar-refractivity contribution in [1.29, 1.82) is 0 Å². The van der Waals surface area contributed by atoms with Crippen LogP contribution < -0.4 is 10.6 Å². The van der Waals surface area contributed by atoms with Crippen LogP contribution in [0.4, 0.5) is 5.69 Å². The first-order valence-corrected chi connectivity index (χ1v) is 8.98. The summed E-state index contributed by atoms with van der Waals surface area (Å²) in [6, 6.07) is 5.12. The minimum absolute atomic E-state index is 0.0700. The first-order chi connectivity index (χ1) is 12.5. The standard InChI is InChI=1S/C20H30N2O5/c1-13(19(26)27-5)22-15-9-7-6-8-14(15)17(23)12-16(18(24)25)21-11-10-20(2,3)4/h6-9,13,16,21-22H,10-12H2,1-5H3,(H,24,25)/t13?,16-/m0/s1. The Morgan fingerprint density at radius 3 is 2.37 bits per heavy atom. The average Bonchev–Trinajstić information content (AvgIpc) is 2.59. The number of carbonyl (C=O) groups is 3. The molecule has 0 aliphatic heterocycles. The predicted octanol–water partition coefficient (Wildman–Crippen LogP) is 2.71. The molecule has 7 heteroatoms. The van der Waals surface area contributed by atoms with Crippen molar-refractivity contribution in [2.45, 2.75) is 52.6 Å². The third kappa shape index (κ3) is 7.78. The summed E-state index contributed by atoms with van der Waals surface area (Å²) in [6.45, 7) is 8.34. The Kier molecular flexibility index (Phi) is 8.43. The number of hydrogen-bond donors (Lipinski definition) is 3. The second-order valence-electron chi connectivity index (χ2n) is 7.72. The number of rotatable bonds is 10. The van der Waals surface area contributed by atoms with Gasteiger partial charge in [0.25, 0.3) is 0 Å². The smallest absolute Gasteiger partial charge is 0.327 e. The van der Waals surface area contributed by atoms with Gasteiger partial charge in [0.1, 0.15) is 12.1 Å². The van der Waals surface area contributed by atoms with Gasteiger partial charge in [-0.25, -0.2) is 4.79 Å². The van der Waals surface area contributed by atoms with Gasteiger partial charge in [-0.15, -0.1) is 0 Å². The number of methoxy groups -OCH3 is 1. The number of aliphatic carboxylic acids is 1. The molecule has 0 saturated carbocycles. The highest BCUT2D eigenvalue weighted by Gasteiger charge is 2.24. The molecule has 0 saturated heterocycles. The Balaban J connectivity index is 2.85. The summed E-state index contributed by atoms with van der Waals surface area (Å²) in [5.74, 6) is -1.83. The van der Waals surface area contributed by atoms with E-state index in [9.17, 15) is 19.5 Å². The largest absolute Gasteiger partial charge is 0.480 e. The molecule has 0 amide bonds. The fourth-order valence-corrected chi connectivity index (χ4v) is 2.48. The van der Waals surface area contributed by atoms with Crippen molar-refractivity contribution >= 4 is 23.4 Å². The summed E-state index contributed by atoms with van der Waals surface area (Å²) < 4.78 is 4.68. The minimum Gasteiger partial charge on any atom is -0.480 e. The van der Waals surface area contributed by atoms with E-state index < -0.39 is 24.0 Å². The number of carboxylic acids is 1. The van der Waals surface area contributed by atoms with Crippen molar-refractivity contribution in [3.05, 3.63) is 29.8 Å². The Hall–Kier alpha value is -2.41. The highest BCUT2D eigenvalue weighted by molar-refractivity contribution is 6.03. The van der Waals surface area contributed by atoms with Crippen LogP contribution in [0.1, 0.15) is 50.9 Å². The van der Waals surface area contributed by atoms with Crippen molar-refractivity contribution in [3.8, 4) is 0 Å². The molecule has 27 heavy (non-hydrogen) atoms. The van der Waals surface area contributed by atoms with Crippen molar-refractivity contribution < 1.29 is 24.2 Å². The lowest BCUT2D eigenvalue weighted by molar-refractivity contribution is -0.141. The van der Waals surface area contributed by atoms with Crippen LogP contribution in [-0.4, -0.2) is 48.6 Å². The number of anilines is 1. The van der Waals surface area contributed by atoms with E-state index in [2.05, 4.69) is 36.1 Å². The molecular formula is C20H30N2O5. The van der Waals surface area contributed by atoms with E-state index in [0.29, 0.717) is 17.8 Å². The lowest BCUT2D eigenvalue weighted by Gasteiger charge is -2.21. The van der Waals surface area contributed by atoms with Gasteiger partial charge in [-0.05, 0) is 37.4 Å². The van der Waals surface area contributed by atoms with E-state index in [1.807, 2.05) is 0 Å². The maximum atomic E-state index is 12.7. The lowest BCUT2D eigenvalue weighted by atomic mass is 9.92. The molecule has 0 aliphatic rings. The molecule has 150 valence electrons. The monoisotopic (exact) mass is 378 g/mol. The second kappa shape index (κ2) is 10.1. The molecule has 1 aromatic rings. The first-order valence-electron chi connectivity index (χ1n) is 8.98. The number of carbonyl (C=O) groups excluding carboxylic acids is 2. The van der Waals surface area contributed by atoms with Crippen molar-refractivity contribution in [2.24, 2.45) is 5.41 Å². The summed E-state index contributed by atoms with van der Waals surface area (Å²) in [6.07, 6.45) is 0.616. The maximum Gasteiger partial charge on any atom is 0.327 e. The number of para-hydroxylation sites is 1. The lowest BCUT2D eigenvalue weighted by Crippen LogP contribution is -2.40. The number of ether oxygens (including phenoxy) is 1. The molecule has 0 spiro atoms. The average molecular weight is 378 g/mol. The fourth-order valence-electron chi connectivity index (χ4n) is 2.48. The number of nitrogens with one attached hydrogen (secondary N) is 2. The number of ketones is 1. The number of carboxylic acid groups (broad SMARTS) is 1. The van der Waals surface area contributed by atoms with Gasteiger partial charge in [0.05, 0.1) is 7.11 Å². The van der Waals surface area contributed by atoms with Gasteiger partial charge >= 0.3 is 11.9 Å². The fraction of sp³-hybridized carbons (Fsp3) is 0.550. The van der Waals surface area contributed by atoms with Crippen LogP contribution in [0.25, 0.3) is 0 Å². The number of benzene rings is 1. The van der Waals surface area contributed by atoms with Crippen molar-refractivity contribution in [3.63, 3.8) is 0 Å². The first kappa shape index (κ1) is 22.6. The van der Waals surface area contributed by atoms with Gasteiger partial charge in [-0.2, -0.15) is 0 Å². The Morgan fingerprint density at radius 2 is 1.81 bits per heavy atom. The van der Waals surface area contributed by atoms with Crippen LogP contribution in [0.15, 0.2) is 24.3 Å². The highest BCUT2D eigenvalue weighted by Crippen LogP contribution is 2.20. The van der Waals surface area contributed by atoms with Gasteiger partial charge in [0, 0.05) is 17.7 Å². The molecule has 1 aromatic carbocycles. The molecule has 0 heterocycles. The van der Waals surface area contributed by atoms with Crippen LogP contribution >= 0.6 is 0 Å². The molecule has 0 bridgehead atoms. The zero-order valence-electron chi connectivity index (χ0n) is 16.7. The molecule has 1 unspecified atom stereocenters. The Labute approximate surface area is 160 Å². The van der Waals surface area contributed by atoms with Crippen LogP contribution in [0.3, 0.4) is 0 Å². The van der Waals surface area contributed by atoms with Gasteiger partial charge in [-0.1, -0.05) is 32.9 Å². The molecule has 3 N–H and O–H groups in total. The summed E-state index contributed by atoms with van der Waals surface area (Å²) >= 11 is 0. The summed E-state index contributed by atoms with van der Waals surface area (Å²) in [4.78, 5) is 35.8. The third-order valence-corrected chi connectivity index (χ3v) is 4.11. The molecule has 7 nitrogen and oxygen atoms in total. The molecule has 1 rings (SSSR count). The quantitative estimate of drug-likeness (QED) is 0.425. The van der Waals surface area contributed by atoms with Gasteiger partial charge in [-0.3, -0.25) is 9.59 Å². The summed E-state index contributed by atoms with van der Waals surface area (Å²) in [5.41, 5.74) is 0.886. The number of esters is 1. The summed E-state index contributed by atoms with van der Waals surface area (Å²) in [5, 5.41) is 15.3. The zero-order chi connectivity index (χ0) is 20.6. The van der Waals surface area contributed by atoms with Crippen molar-refractivity contribution in [1.82, 2.24) is 5.32 Å². The van der Waals surface area contributed by atoms with Crippen LogP contribution in [-0.2, 0) is 14.3 Å². The molecule has 0 fully saturated rings. The minimum atomic E-state index is -1.06. The zero-order valence-corrected chi connectivity index (χ0v) is 16.7. The van der Waals surface area contributed by atoms with E-state index in [-0.39, 0.29) is 17.6 Å². The van der Waals surface area contributed by atoms with E-state index in [0.717, 1.165) is 6.42 Å². The Morgan fingerprint density at radius 1 is 1.19 bits per heavy atom. The van der Waals surface area contributed by atoms with E-state index in [4.69, 9.17) is 0 Å².